The van der Waals surface area contributed by atoms with Crippen LogP contribution in [0.4, 0.5) is 11.4 Å². The van der Waals surface area contributed by atoms with Gasteiger partial charge in [0.15, 0.2) is 0 Å². The molecule has 1 amide bonds. The lowest BCUT2D eigenvalue weighted by Crippen LogP contribution is -2.47. The highest BCUT2D eigenvalue weighted by Gasteiger charge is 2.32. The van der Waals surface area contributed by atoms with Crippen LogP contribution in [-0.2, 0) is 14.8 Å². The van der Waals surface area contributed by atoms with Crippen molar-refractivity contribution in [2.45, 2.75) is 39.2 Å². The van der Waals surface area contributed by atoms with Gasteiger partial charge in [-0.3, -0.25) is 9.10 Å². The van der Waals surface area contributed by atoms with E-state index in [2.05, 4.69) is 5.32 Å². The highest BCUT2D eigenvalue weighted by molar-refractivity contribution is 7.92. The number of methoxy groups -OCH3 is 1. The summed E-state index contributed by atoms with van der Waals surface area (Å²) in [6.07, 6.45) is 1.42. The molecule has 2 rings (SSSR count). The zero-order valence-corrected chi connectivity index (χ0v) is 17.8. The maximum Gasteiger partial charge on any atom is 0.248 e. The molecule has 2 aromatic rings. The summed E-state index contributed by atoms with van der Waals surface area (Å²) < 4.78 is 31.5. The van der Waals surface area contributed by atoms with Gasteiger partial charge in [0.05, 0.1) is 19.1 Å². The lowest BCUT2D eigenvalue weighted by atomic mass is 10.0. The third-order valence-corrected chi connectivity index (χ3v) is 5.66. The van der Waals surface area contributed by atoms with Crippen molar-refractivity contribution >= 4 is 27.3 Å². The molecule has 0 aromatic heterocycles. The molecule has 1 N–H and O–H groups in total. The minimum absolute atomic E-state index is 0.223. The molecule has 0 aliphatic rings. The van der Waals surface area contributed by atoms with Crippen LogP contribution in [0.5, 0.6) is 5.75 Å². The van der Waals surface area contributed by atoms with E-state index in [-0.39, 0.29) is 11.8 Å². The first-order valence-corrected chi connectivity index (χ1v) is 11.1. The Kier molecular flexibility index (Phi) is 7.07. The summed E-state index contributed by atoms with van der Waals surface area (Å²) in [5.41, 5.74) is 2.08. The molecule has 0 aliphatic carbocycles. The molecule has 0 saturated carbocycles. The first-order valence-electron chi connectivity index (χ1n) is 9.22. The third-order valence-electron chi connectivity index (χ3n) is 4.48. The second kappa shape index (κ2) is 9.10. The standard InChI is InChI=1S/C21H28N2O4S/c1-6-20(21(24)22-19-13-8-7-12-18(19)15(2)3)23(28(5,25)26)16-10-9-11-17(14-16)27-4/h7-15,20H,6H2,1-5H3,(H,22,24). The fraction of sp³-hybridized carbons (Fsp3) is 0.381. The van der Waals surface area contributed by atoms with Gasteiger partial charge in [-0.2, -0.15) is 0 Å². The van der Waals surface area contributed by atoms with Gasteiger partial charge in [-0.05, 0) is 36.1 Å². The monoisotopic (exact) mass is 404 g/mol. The maximum atomic E-state index is 13.1. The minimum atomic E-state index is -3.70. The number of carbonyl (C=O) groups is 1. The summed E-state index contributed by atoms with van der Waals surface area (Å²) in [6.45, 7) is 5.87. The predicted octanol–water partition coefficient (Wildman–Crippen LogP) is 4.00. The number of anilines is 2. The lowest BCUT2D eigenvalue weighted by molar-refractivity contribution is -0.117. The number of nitrogens with zero attached hydrogens (tertiary/aromatic N) is 1. The molecule has 1 unspecified atom stereocenters. The zero-order chi connectivity index (χ0) is 20.9. The molecule has 152 valence electrons. The van der Waals surface area contributed by atoms with Crippen LogP contribution in [0.2, 0.25) is 0 Å². The molecule has 0 heterocycles. The van der Waals surface area contributed by atoms with Crippen LogP contribution in [0, 0.1) is 0 Å². The second-order valence-electron chi connectivity index (χ2n) is 6.92. The Labute approximate surface area is 167 Å². The van der Waals surface area contributed by atoms with Crippen LogP contribution in [0.15, 0.2) is 48.5 Å². The number of nitrogens with one attached hydrogen (secondary N) is 1. The number of hydrogen-bond donors (Lipinski definition) is 1. The van der Waals surface area contributed by atoms with Crippen LogP contribution < -0.4 is 14.4 Å². The average Bonchev–Trinajstić information content (AvgIpc) is 2.65. The molecule has 1 atom stereocenters. The highest BCUT2D eigenvalue weighted by atomic mass is 32.2. The quantitative estimate of drug-likeness (QED) is 0.721. The number of rotatable bonds is 8. The van der Waals surface area contributed by atoms with Crippen molar-refractivity contribution in [3.8, 4) is 5.75 Å². The van der Waals surface area contributed by atoms with Crippen LogP contribution >= 0.6 is 0 Å². The number of amides is 1. The molecule has 7 heteroatoms. The van der Waals surface area contributed by atoms with Crippen molar-refractivity contribution in [3.63, 3.8) is 0 Å². The zero-order valence-electron chi connectivity index (χ0n) is 17.0. The lowest BCUT2D eigenvalue weighted by Gasteiger charge is -2.30. The SMILES string of the molecule is CCC(C(=O)Nc1ccccc1C(C)C)N(c1cccc(OC)c1)S(C)(=O)=O. The van der Waals surface area contributed by atoms with E-state index in [1.54, 1.807) is 31.2 Å². The van der Waals surface area contributed by atoms with E-state index in [4.69, 9.17) is 4.74 Å². The van der Waals surface area contributed by atoms with E-state index in [0.29, 0.717) is 23.5 Å². The van der Waals surface area contributed by atoms with Crippen molar-refractivity contribution in [1.29, 1.82) is 0 Å². The van der Waals surface area contributed by atoms with E-state index >= 15 is 0 Å². The first-order chi connectivity index (χ1) is 13.2. The van der Waals surface area contributed by atoms with Crippen LogP contribution in [0.3, 0.4) is 0 Å². The predicted molar refractivity (Wildman–Crippen MR) is 114 cm³/mol. The van der Waals surface area contributed by atoms with Crippen molar-refractivity contribution in [3.05, 3.63) is 54.1 Å². The van der Waals surface area contributed by atoms with Crippen LogP contribution in [0.25, 0.3) is 0 Å². The number of sulfonamides is 1. The Morgan fingerprint density at radius 3 is 2.39 bits per heavy atom. The Hall–Kier alpha value is -2.54. The summed E-state index contributed by atoms with van der Waals surface area (Å²) in [7, 11) is -2.19. The van der Waals surface area contributed by atoms with Crippen LogP contribution in [0.1, 0.15) is 38.7 Å². The smallest absolute Gasteiger partial charge is 0.248 e. The van der Waals surface area contributed by atoms with Gasteiger partial charge >= 0.3 is 0 Å². The van der Waals surface area contributed by atoms with Crippen molar-refractivity contribution < 1.29 is 17.9 Å². The van der Waals surface area contributed by atoms with Gasteiger partial charge in [0.25, 0.3) is 0 Å². The largest absolute Gasteiger partial charge is 0.497 e. The van der Waals surface area contributed by atoms with E-state index in [9.17, 15) is 13.2 Å². The molecule has 0 bridgehead atoms. The van der Waals surface area contributed by atoms with E-state index in [1.807, 2.05) is 38.1 Å². The van der Waals surface area contributed by atoms with Crippen molar-refractivity contribution in [2.24, 2.45) is 0 Å². The fourth-order valence-corrected chi connectivity index (χ4v) is 4.34. The van der Waals surface area contributed by atoms with E-state index in [0.717, 1.165) is 16.1 Å². The molecule has 0 fully saturated rings. The van der Waals surface area contributed by atoms with Gasteiger partial charge < -0.3 is 10.1 Å². The number of ether oxygens (including phenoxy) is 1. The maximum absolute atomic E-state index is 13.1. The van der Waals surface area contributed by atoms with Gasteiger partial charge in [0.2, 0.25) is 15.9 Å². The number of benzene rings is 2. The first kappa shape index (κ1) is 21.8. The van der Waals surface area contributed by atoms with Gasteiger partial charge in [-0.25, -0.2) is 8.42 Å². The Morgan fingerprint density at radius 1 is 1.14 bits per heavy atom. The van der Waals surface area contributed by atoms with Gasteiger partial charge in [-0.15, -0.1) is 0 Å². The molecular weight excluding hydrogens is 376 g/mol. The molecule has 0 aliphatic heterocycles. The van der Waals surface area contributed by atoms with E-state index in [1.165, 1.54) is 7.11 Å². The molecular formula is C21H28N2O4S. The second-order valence-corrected chi connectivity index (χ2v) is 8.77. The summed E-state index contributed by atoms with van der Waals surface area (Å²) in [6, 6.07) is 13.4. The summed E-state index contributed by atoms with van der Waals surface area (Å²) in [5, 5.41) is 2.92. The summed E-state index contributed by atoms with van der Waals surface area (Å²) >= 11 is 0. The topological polar surface area (TPSA) is 75.7 Å². The van der Waals surface area contributed by atoms with Crippen molar-refractivity contribution in [1.82, 2.24) is 0 Å². The Morgan fingerprint density at radius 2 is 1.82 bits per heavy atom. The number of hydrogen-bond acceptors (Lipinski definition) is 4. The Balaban J connectivity index is 2.43. The number of carbonyl (C=O) groups excluding carboxylic acids is 1. The Bertz CT molecular complexity index is 926. The molecule has 0 saturated heterocycles. The normalized spacial score (nSPS) is 12.5. The third kappa shape index (κ3) is 5.04. The molecule has 0 radical (unpaired) electrons. The minimum Gasteiger partial charge on any atom is -0.497 e. The molecule has 28 heavy (non-hydrogen) atoms. The van der Waals surface area contributed by atoms with E-state index < -0.39 is 16.1 Å². The molecule has 0 spiro atoms. The van der Waals surface area contributed by atoms with Gasteiger partial charge in [0, 0.05) is 11.8 Å². The summed E-state index contributed by atoms with van der Waals surface area (Å²) in [4.78, 5) is 13.1. The van der Waals surface area contributed by atoms with Gasteiger partial charge in [0.1, 0.15) is 11.8 Å². The summed E-state index contributed by atoms with van der Waals surface area (Å²) in [5.74, 6) is 0.372. The van der Waals surface area contributed by atoms with Crippen molar-refractivity contribution in [2.75, 3.05) is 23.0 Å². The average molecular weight is 405 g/mol. The molecule has 6 nitrogen and oxygen atoms in total. The fourth-order valence-electron chi connectivity index (χ4n) is 3.14. The highest BCUT2D eigenvalue weighted by Crippen LogP contribution is 2.28. The number of para-hydroxylation sites is 1. The van der Waals surface area contributed by atoms with Gasteiger partial charge in [-0.1, -0.05) is 45.0 Å². The van der Waals surface area contributed by atoms with Crippen LogP contribution in [-0.4, -0.2) is 33.7 Å². The molecule has 2 aromatic carbocycles.